The van der Waals surface area contributed by atoms with E-state index in [9.17, 15) is 15.0 Å². The van der Waals surface area contributed by atoms with Gasteiger partial charge in [-0.25, -0.2) is 0 Å². The van der Waals surface area contributed by atoms with Crippen molar-refractivity contribution >= 4 is 5.78 Å². The van der Waals surface area contributed by atoms with Gasteiger partial charge in [0.05, 0.1) is 12.2 Å². The molecule has 0 saturated heterocycles. The SMILES string of the molecule is CCCCCCC[C@@H]1C(=O)C[C@@H](O)[C@@H]1/C=C/[C@@H](O)CCCCC. The van der Waals surface area contributed by atoms with Crippen molar-refractivity contribution < 1.29 is 15.0 Å². The van der Waals surface area contributed by atoms with Crippen LogP contribution in [-0.2, 0) is 4.79 Å². The van der Waals surface area contributed by atoms with Gasteiger partial charge in [0.15, 0.2) is 0 Å². The largest absolute Gasteiger partial charge is 0.392 e. The molecule has 0 spiro atoms. The van der Waals surface area contributed by atoms with Crippen molar-refractivity contribution in [3.8, 4) is 0 Å². The molecule has 1 fully saturated rings. The fourth-order valence-corrected chi connectivity index (χ4v) is 3.52. The van der Waals surface area contributed by atoms with Gasteiger partial charge in [0.1, 0.15) is 5.78 Å². The van der Waals surface area contributed by atoms with Gasteiger partial charge in [0, 0.05) is 18.3 Å². The van der Waals surface area contributed by atoms with Crippen LogP contribution < -0.4 is 0 Å². The number of hydrogen-bond acceptors (Lipinski definition) is 3. The van der Waals surface area contributed by atoms with E-state index in [0.717, 1.165) is 38.5 Å². The third-order valence-electron chi connectivity index (χ3n) is 5.01. The van der Waals surface area contributed by atoms with E-state index in [1.165, 1.54) is 25.7 Å². The van der Waals surface area contributed by atoms with Gasteiger partial charge in [0.2, 0.25) is 0 Å². The molecule has 1 saturated carbocycles. The van der Waals surface area contributed by atoms with Gasteiger partial charge in [-0.05, 0) is 12.8 Å². The Balaban J connectivity index is 2.43. The topological polar surface area (TPSA) is 57.5 Å². The zero-order valence-electron chi connectivity index (χ0n) is 15.0. The van der Waals surface area contributed by atoms with Gasteiger partial charge in [-0.2, -0.15) is 0 Å². The lowest BCUT2D eigenvalue weighted by Crippen LogP contribution is -2.19. The van der Waals surface area contributed by atoms with Crippen LogP contribution in [0.5, 0.6) is 0 Å². The number of carbonyl (C=O) groups excluding carboxylic acids is 1. The monoisotopic (exact) mass is 324 g/mol. The number of aliphatic hydroxyl groups is 2. The van der Waals surface area contributed by atoms with Crippen molar-refractivity contribution in [3.63, 3.8) is 0 Å². The van der Waals surface area contributed by atoms with E-state index >= 15 is 0 Å². The molecule has 0 radical (unpaired) electrons. The molecule has 3 nitrogen and oxygen atoms in total. The van der Waals surface area contributed by atoms with Gasteiger partial charge in [-0.1, -0.05) is 77.4 Å². The molecule has 0 bridgehead atoms. The summed E-state index contributed by atoms with van der Waals surface area (Å²) in [4.78, 5) is 12.1. The summed E-state index contributed by atoms with van der Waals surface area (Å²) in [6.45, 7) is 4.34. The number of rotatable bonds is 12. The van der Waals surface area contributed by atoms with Gasteiger partial charge in [-0.3, -0.25) is 4.79 Å². The van der Waals surface area contributed by atoms with Crippen LogP contribution in [0.4, 0.5) is 0 Å². The summed E-state index contributed by atoms with van der Waals surface area (Å²) in [6.07, 6.45) is 13.9. The zero-order chi connectivity index (χ0) is 17.1. The van der Waals surface area contributed by atoms with Gasteiger partial charge < -0.3 is 10.2 Å². The molecule has 0 unspecified atom stereocenters. The van der Waals surface area contributed by atoms with Crippen molar-refractivity contribution in [2.75, 3.05) is 0 Å². The maximum atomic E-state index is 12.1. The average molecular weight is 325 g/mol. The molecule has 0 heterocycles. The van der Waals surface area contributed by atoms with E-state index in [-0.39, 0.29) is 24.0 Å². The molecule has 1 aliphatic rings. The van der Waals surface area contributed by atoms with Gasteiger partial charge in [0.25, 0.3) is 0 Å². The number of Topliss-reactive ketones (excluding diaryl/α,β-unsaturated/α-hetero) is 1. The highest BCUT2D eigenvalue weighted by Gasteiger charge is 2.39. The maximum absolute atomic E-state index is 12.1. The Kier molecular flexibility index (Phi) is 10.5. The molecule has 0 amide bonds. The van der Waals surface area contributed by atoms with E-state index < -0.39 is 12.2 Å². The molecule has 23 heavy (non-hydrogen) atoms. The van der Waals surface area contributed by atoms with E-state index in [1.54, 1.807) is 6.08 Å². The fraction of sp³-hybridized carbons (Fsp3) is 0.850. The van der Waals surface area contributed by atoms with E-state index in [4.69, 9.17) is 0 Å². The van der Waals surface area contributed by atoms with Crippen molar-refractivity contribution in [1.82, 2.24) is 0 Å². The Bertz CT molecular complexity index is 351. The van der Waals surface area contributed by atoms with Gasteiger partial charge >= 0.3 is 0 Å². The predicted molar refractivity (Wildman–Crippen MR) is 95.3 cm³/mol. The van der Waals surface area contributed by atoms with Crippen LogP contribution in [0.1, 0.15) is 84.5 Å². The Morgan fingerprint density at radius 1 is 1.09 bits per heavy atom. The second-order valence-corrected chi connectivity index (χ2v) is 7.07. The first-order valence-corrected chi connectivity index (χ1v) is 9.67. The summed E-state index contributed by atoms with van der Waals surface area (Å²) in [7, 11) is 0. The zero-order valence-corrected chi connectivity index (χ0v) is 15.0. The number of hydrogen-bond donors (Lipinski definition) is 2. The second kappa shape index (κ2) is 11.8. The Labute approximate surface area is 142 Å². The smallest absolute Gasteiger partial charge is 0.139 e. The summed E-state index contributed by atoms with van der Waals surface area (Å²) in [5, 5.41) is 20.1. The van der Waals surface area contributed by atoms with Crippen LogP contribution in [0.2, 0.25) is 0 Å². The van der Waals surface area contributed by atoms with Crippen molar-refractivity contribution in [2.24, 2.45) is 11.8 Å². The summed E-state index contributed by atoms with van der Waals surface area (Å²) in [5.41, 5.74) is 0. The lowest BCUT2D eigenvalue weighted by Gasteiger charge is -2.18. The molecule has 0 aromatic heterocycles. The summed E-state index contributed by atoms with van der Waals surface area (Å²) in [6, 6.07) is 0. The molecule has 1 rings (SSSR count). The Morgan fingerprint density at radius 2 is 1.74 bits per heavy atom. The Hall–Kier alpha value is -0.670. The highest BCUT2D eigenvalue weighted by atomic mass is 16.3. The first-order chi connectivity index (χ1) is 11.1. The second-order valence-electron chi connectivity index (χ2n) is 7.07. The van der Waals surface area contributed by atoms with Crippen molar-refractivity contribution in [1.29, 1.82) is 0 Å². The standard InChI is InChI=1S/C20H36O3/c1-3-5-7-8-10-12-17-18(20(23)15-19(17)22)14-13-16(21)11-9-6-4-2/h13-14,16-18,20-21,23H,3-12,15H2,1-2H3/b14-13+/t16-,17-,18+,20+/m0/s1. The van der Waals surface area contributed by atoms with Crippen LogP contribution in [-0.4, -0.2) is 28.2 Å². The normalized spacial score (nSPS) is 26.3. The van der Waals surface area contributed by atoms with Crippen molar-refractivity contribution in [3.05, 3.63) is 12.2 Å². The molecular formula is C20H36O3. The summed E-state index contributed by atoms with van der Waals surface area (Å²) >= 11 is 0. The molecule has 2 N–H and O–H groups in total. The summed E-state index contributed by atoms with van der Waals surface area (Å²) in [5.74, 6) is 0.0448. The number of unbranched alkanes of at least 4 members (excludes halogenated alkanes) is 6. The molecule has 3 heteroatoms. The van der Waals surface area contributed by atoms with Crippen molar-refractivity contribution in [2.45, 2.75) is 96.7 Å². The third-order valence-corrected chi connectivity index (χ3v) is 5.01. The molecular weight excluding hydrogens is 288 g/mol. The number of aliphatic hydroxyl groups excluding tert-OH is 2. The quantitative estimate of drug-likeness (QED) is 0.413. The van der Waals surface area contributed by atoms with Crippen LogP contribution in [0.25, 0.3) is 0 Å². The van der Waals surface area contributed by atoms with Gasteiger partial charge in [-0.15, -0.1) is 0 Å². The number of ketones is 1. The minimum absolute atomic E-state index is 0.0503. The highest BCUT2D eigenvalue weighted by Crippen LogP contribution is 2.34. The van der Waals surface area contributed by atoms with E-state index in [1.807, 2.05) is 6.08 Å². The minimum atomic E-state index is -0.567. The lowest BCUT2D eigenvalue weighted by molar-refractivity contribution is -0.121. The maximum Gasteiger partial charge on any atom is 0.139 e. The molecule has 0 aromatic rings. The first kappa shape index (κ1) is 20.4. The van der Waals surface area contributed by atoms with Crippen LogP contribution >= 0.6 is 0 Å². The summed E-state index contributed by atoms with van der Waals surface area (Å²) < 4.78 is 0. The fourth-order valence-electron chi connectivity index (χ4n) is 3.52. The number of carbonyl (C=O) groups is 1. The molecule has 0 aromatic carbocycles. The molecule has 4 atom stereocenters. The minimum Gasteiger partial charge on any atom is -0.392 e. The van der Waals surface area contributed by atoms with Crippen LogP contribution in [0.15, 0.2) is 12.2 Å². The average Bonchev–Trinajstić information content (AvgIpc) is 2.79. The highest BCUT2D eigenvalue weighted by molar-refractivity contribution is 5.84. The third kappa shape index (κ3) is 7.63. The van der Waals surface area contributed by atoms with E-state index in [0.29, 0.717) is 0 Å². The molecule has 0 aliphatic heterocycles. The lowest BCUT2D eigenvalue weighted by atomic mass is 9.88. The van der Waals surface area contributed by atoms with Crippen LogP contribution in [0.3, 0.4) is 0 Å². The predicted octanol–water partition coefficient (Wildman–Crippen LogP) is 4.41. The molecule has 134 valence electrons. The van der Waals surface area contributed by atoms with E-state index in [2.05, 4.69) is 13.8 Å². The Morgan fingerprint density at radius 3 is 2.43 bits per heavy atom. The molecule has 1 aliphatic carbocycles. The van der Waals surface area contributed by atoms with Crippen LogP contribution in [0, 0.1) is 11.8 Å². The first-order valence-electron chi connectivity index (χ1n) is 9.67.